The molecule has 2 atom stereocenters. The Balaban J connectivity index is 2.18. The maximum atomic E-state index is 12.4. The number of aliphatic hydroxyl groups is 1. The molecule has 0 aliphatic heterocycles. The van der Waals surface area contributed by atoms with Crippen molar-refractivity contribution < 1.29 is 13.5 Å². The van der Waals surface area contributed by atoms with Gasteiger partial charge in [0.1, 0.15) is 0 Å². The van der Waals surface area contributed by atoms with Crippen LogP contribution in [-0.4, -0.2) is 26.2 Å². The molecule has 1 aliphatic carbocycles. The normalized spacial score (nSPS) is 23.1. The fourth-order valence-corrected chi connectivity index (χ4v) is 4.13. The van der Waals surface area contributed by atoms with Gasteiger partial charge in [-0.05, 0) is 55.9 Å². The SMILES string of the molecule is Cc1cc(N)cc(S(=O)(=O)NCC2CCCC2O)c1C. The zero-order chi connectivity index (χ0) is 14.9. The standard InChI is InChI=1S/C14H22N2O3S/c1-9-6-12(15)7-14(10(9)2)20(18,19)16-8-11-4-3-5-13(11)17/h6-7,11,13,16-17H,3-5,8,15H2,1-2H3. The van der Waals surface area contributed by atoms with E-state index in [1.165, 1.54) is 6.07 Å². The molecule has 1 aliphatic rings. The Bertz CT molecular complexity index is 599. The van der Waals surface area contributed by atoms with Crippen LogP contribution in [0.3, 0.4) is 0 Å². The molecule has 0 amide bonds. The van der Waals surface area contributed by atoms with Gasteiger partial charge in [-0.2, -0.15) is 0 Å². The molecule has 0 heterocycles. The zero-order valence-corrected chi connectivity index (χ0v) is 12.7. The van der Waals surface area contributed by atoms with E-state index in [-0.39, 0.29) is 17.4 Å². The van der Waals surface area contributed by atoms with Gasteiger partial charge in [0.2, 0.25) is 10.0 Å². The lowest BCUT2D eigenvalue weighted by Gasteiger charge is -2.17. The maximum Gasteiger partial charge on any atom is 0.240 e. The molecule has 2 unspecified atom stereocenters. The number of nitrogens with one attached hydrogen (secondary N) is 1. The van der Waals surface area contributed by atoms with E-state index in [0.717, 1.165) is 24.8 Å². The van der Waals surface area contributed by atoms with Gasteiger partial charge in [-0.1, -0.05) is 6.42 Å². The average Bonchev–Trinajstić information content (AvgIpc) is 2.77. The van der Waals surface area contributed by atoms with E-state index in [4.69, 9.17) is 5.73 Å². The Morgan fingerprint density at radius 3 is 2.65 bits per heavy atom. The summed E-state index contributed by atoms with van der Waals surface area (Å²) >= 11 is 0. The summed E-state index contributed by atoms with van der Waals surface area (Å²) in [6, 6.07) is 3.24. The molecule has 0 bridgehead atoms. The van der Waals surface area contributed by atoms with E-state index < -0.39 is 16.1 Å². The highest BCUT2D eigenvalue weighted by atomic mass is 32.2. The predicted molar refractivity (Wildman–Crippen MR) is 78.9 cm³/mol. The number of aryl methyl sites for hydroxylation is 1. The fourth-order valence-electron chi connectivity index (χ4n) is 2.68. The summed E-state index contributed by atoms with van der Waals surface area (Å²) in [7, 11) is -3.59. The van der Waals surface area contributed by atoms with Crippen LogP contribution in [0.25, 0.3) is 0 Å². The number of nitrogen functional groups attached to an aromatic ring is 1. The Kier molecular flexibility index (Phi) is 4.36. The minimum Gasteiger partial charge on any atom is -0.399 e. The van der Waals surface area contributed by atoms with Gasteiger partial charge < -0.3 is 10.8 Å². The molecule has 1 aromatic rings. The molecule has 5 nitrogen and oxygen atoms in total. The number of benzene rings is 1. The highest BCUT2D eigenvalue weighted by molar-refractivity contribution is 7.89. The smallest absolute Gasteiger partial charge is 0.240 e. The molecular weight excluding hydrogens is 276 g/mol. The van der Waals surface area contributed by atoms with Crippen LogP contribution in [0.5, 0.6) is 0 Å². The van der Waals surface area contributed by atoms with Gasteiger partial charge in [0.05, 0.1) is 11.0 Å². The van der Waals surface area contributed by atoms with E-state index in [1.807, 2.05) is 6.92 Å². The summed E-state index contributed by atoms with van der Waals surface area (Å²) in [5.74, 6) is 0.00670. The van der Waals surface area contributed by atoms with Gasteiger partial charge in [0, 0.05) is 12.2 Å². The largest absolute Gasteiger partial charge is 0.399 e. The number of hydrogen-bond acceptors (Lipinski definition) is 4. The van der Waals surface area contributed by atoms with Crippen LogP contribution >= 0.6 is 0 Å². The van der Waals surface area contributed by atoms with E-state index in [2.05, 4.69) is 4.72 Å². The molecule has 1 aromatic carbocycles. The fraction of sp³-hybridized carbons (Fsp3) is 0.571. The molecule has 4 N–H and O–H groups in total. The first-order valence-corrected chi connectivity index (χ1v) is 8.34. The van der Waals surface area contributed by atoms with Gasteiger partial charge in [0.15, 0.2) is 0 Å². The topological polar surface area (TPSA) is 92.4 Å². The summed E-state index contributed by atoms with van der Waals surface area (Å²) in [5, 5.41) is 9.74. The lowest BCUT2D eigenvalue weighted by atomic mass is 10.1. The van der Waals surface area contributed by atoms with Crippen LogP contribution < -0.4 is 10.5 Å². The molecule has 0 aromatic heterocycles. The first kappa shape index (κ1) is 15.3. The highest BCUT2D eigenvalue weighted by Crippen LogP contribution is 2.26. The number of sulfonamides is 1. The quantitative estimate of drug-likeness (QED) is 0.731. The molecule has 20 heavy (non-hydrogen) atoms. The average molecular weight is 298 g/mol. The Labute approximate surface area is 120 Å². The van der Waals surface area contributed by atoms with Crippen molar-refractivity contribution in [2.24, 2.45) is 5.92 Å². The minimum atomic E-state index is -3.59. The van der Waals surface area contributed by atoms with Gasteiger partial charge in [-0.15, -0.1) is 0 Å². The van der Waals surface area contributed by atoms with E-state index in [9.17, 15) is 13.5 Å². The summed E-state index contributed by atoms with van der Waals surface area (Å²) < 4.78 is 27.3. The second-order valence-corrected chi connectivity index (χ2v) is 7.31. The van der Waals surface area contributed by atoms with Crippen molar-refractivity contribution in [2.45, 2.75) is 44.1 Å². The van der Waals surface area contributed by atoms with Crippen LogP contribution in [-0.2, 0) is 10.0 Å². The van der Waals surface area contributed by atoms with E-state index in [1.54, 1.807) is 13.0 Å². The number of rotatable bonds is 4. The van der Waals surface area contributed by atoms with Crippen molar-refractivity contribution in [1.82, 2.24) is 4.72 Å². The third-order valence-electron chi connectivity index (χ3n) is 4.09. The molecule has 1 saturated carbocycles. The lowest BCUT2D eigenvalue weighted by Crippen LogP contribution is -2.33. The number of anilines is 1. The van der Waals surface area contributed by atoms with Gasteiger partial charge >= 0.3 is 0 Å². The molecular formula is C14H22N2O3S. The van der Waals surface area contributed by atoms with Gasteiger partial charge in [0.25, 0.3) is 0 Å². The van der Waals surface area contributed by atoms with Gasteiger partial charge in [-0.3, -0.25) is 0 Å². The van der Waals surface area contributed by atoms with Crippen LogP contribution in [0, 0.1) is 19.8 Å². The lowest BCUT2D eigenvalue weighted by molar-refractivity contribution is 0.134. The molecule has 0 radical (unpaired) electrons. The first-order chi connectivity index (χ1) is 9.31. The number of nitrogens with two attached hydrogens (primary N) is 1. The van der Waals surface area contributed by atoms with Crippen LogP contribution in [0.2, 0.25) is 0 Å². The van der Waals surface area contributed by atoms with Crippen LogP contribution in [0.4, 0.5) is 5.69 Å². The molecule has 2 rings (SSSR count). The van der Waals surface area contributed by atoms with E-state index >= 15 is 0 Å². The van der Waals surface area contributed by atoms with Crippen molar-refractivity contribution in [3.8, 4) is 0 Å². The summed E-state index contributed by atoms with van der Waals surface area (Å²) in [6.45, 7) is 3.88. The monoisotopic (exact) mass is 298 g/mol. The van der Waals surface area contributed by atoms with Crippen molar-refractivity contribution >= 4 is 15.7 Å². The molecule has 6 heteroatoms. The molecule has 0 spiro atoms. The summed E-state index contributed by atoms with van der Waals surface area (Å²) in [5.41, 5.74) is 7.73. The van der Waals surface area contributed by atoms with Gasteiger partial charge in [-0.25, -0.2) is 13.1 Å². The molecule has 1 fully saturated rings. The highest BCUT2D eigenvalue weighted by Gasteiger charge is 2.27. The third kappa shape index (κ3) is 3.13. The number of hydrogen-bond donors (Lipinski definition) is 3. The van der Waals surface area contributed by atoms with Crippen LogP contribution in [0.15, 0.2) is 17.0 Å². The van der Waals surface area contributed by atoms with Crippen molar-refractivity contribution in [3.63, 3.8) is 0 Å². The second kappa shape index (κ2) is 5.71. The van der Waals surface area contributed by atoms with E-state index in [0.29, 0.717) is 11.3 Å². The Morgan fingerprint density at radius 1 is 1.35 bits per heavy atom. The summed E-state index contributed by atoms with van der Waals surface area (Å²) in [6.07, 6.45) is 2.16. The third-order valence-corrected chi connectivity index (χ3v) is 5.64. The van der Waals surface area contributed by atoms with Crippen LogP contribution in [0.1, 0.15) is 30.4 Å². The Hall–Kier alpha value is -1.11. The minimum absolute atomic E-state index is 0.00670. The zero-order valence-electron chi connectivity index (χ0n) is 11.9. The maximum absolute atomic E-state index is 12.4. The molecule has 112 valence electrons. The van der Waals surface area contributed by atoms with Crippen molar-refractivity contribution in [3.05, 3.63) is 23.3 Å². The summed E-state index contributed by atoms with van der Waals surface area (Å²) in [4.78, 5) is 0.225. The first-order valence-electron chi connectivity index (χ1n) is 6.85. The Morgan fingerprint density at radius 2 is 2.05 bits per heavy atom. The second-order valence-electron chi connectivity index (χ2n) is 5.57. The van der Waals surface area contributed by atoms with Crippen molar-refractivity contribution in [1.29, 1.82) is 0 Å². The van der Waals surface area contributed by atoms with Crippen molar-refractivity contribution in [2.75, 3.05) is 12.3 Å². The molecule has 0 saturated heterocycles. The number of aliphatic hydroxyl groups excluding tert-OH is 1. The predicted octanol–water partition coefficient (Wildman–Crippen LogP) is 1.32.